The average Bonchev–Trinajstić information content (AvgIpc) is 2.97. The fourth-order valence-electron chi connectivity index (χ4n) is 5.14. The molecule has 3 aromatic carbocycles. The second kappa shape index (κ2) is 11.7. The molecule has 1 saturated heterocycles. The molecule has 8 heteroatoms. The van der Waals surface area contributed by atoms with E-state index in [2.05, 4.69) is 11.4 Å². The first-order valence-corrected chi connectivity index (χ1v) is 13.3. The van der Waals surface area contributed by atoms with Gasteiger partial charge in [-0.05, 0) is 60.2 Å². The van der Waals surface area contributed by atoms with Gasteiger partial charge in [-0.15, -0.1) is 0 Å². The fraction of sp³-hybridized carbons (Fsp3) is 0.258. The third-order valence-corrected chi connectivity index (χ3v) is 7.45. The fourth-order valence-corrected chi connectivity index (χ4v) is 5.26. The van der Waals surface area contributed by atoms with E-state index in [1.807, 2.05) is 30.3 Å². The summed E-state index contributed by atoms with van der Waals surface area (Å²) in [7, 11) is 1.67. The largest absolute Gasteiger partial charge is 0.496 e. The van der Waals surface area contributed by atoms with E-state index in [4.69, 9.17) is 20.8 Å². The minimum atomic E-state index is -0.849. The molecule has 1 N–H and O–H groups in total. The Kier molecular flexibility index (Phi) is 7.98. The van der Waals surface area contributed by atoms with Crippen LogP contribution >= 0.6 is 11.6 Å². The van der Waals surface area contributed by atoms with E-state index in [1.54, 1.807) is 48.4 Å². The van der Waals surface area contributed by atoms with Gasteiger partial charge in [0, 0.05) is 30.6 Å². The lowest BCUT2D eigenvalue weighted by atomic mass is 9.88. The SMILES string of the molecule is COc1ccccc1C1CCN(C(=O)[C@@H](Cc2ccc(Cl)cc2)NC(=O)c2cc(=O)c3ccccc3o2)CC1. The Balaban J connectivity index is 1.35. The van der Waals surface area contributed by atoms with Crippen LogP contribution in [0.2, 0.25) is 5.02 Å². The maximum absolute atomic E-state index is 13.8. The van der Waals surface area contributed by atoms with Gasteiger partial charge < -0.3 is 19.4 Å². The molecule has 0 radical (unpaired) electrons. The molecule has 0 aliphatic carbocycles. The van der Waals surface area contributed by atoms with E-state index in [9.17, 15) is 14.4 Å². The van der Waals surface area contributed by atoms with E-state index in [-0.39, 0.29) is 29.4 Å². The molecule has 0 bridgehead atoms. The van der Waals surface area contributed by atoms with Crippen LogP contribution in [0, 0.1) is 0 Å². The molecular formula is C31H29ClN2O5. The van der Waals surface area contributed by atoms with Crippen LogP contribution in [-0.4, -0.2) is 43.0 Å². The number of methoxy groups -OCH3 is 1. The molecule has 1 atom stereocenters. The van der Waals surface area contributed by atoms with Crippen molar-refractivity contribution in [2.24, 2.45) is 0 Å². The van der Waals surface area contributed by atoms with Crippen LogP contribution in [0.15, 0.2) is 88.1 Å². The zero-order valence-electron chi connectivity index (χ0n) is 21.6. The number of amides is 2. The number of carbonyl (C=O) groups is 2. The first-order chi connectivity index (χ1) is 18.9. The first kappa shape index (κ1) is 26.5. The van der Waals surface area contributed by atoms with Gasteiger partial charge in [0.05, 0.1) is 12.5 Å². The Labute approximate surface area is 231 Å². The van der Waals surface area contributed by atoms with Crippen molar-refractivity contribution in [3.8, 4) is 5.75 Å². The quantitative estimate of drug-likeness (QED) is 0.345. The lowest BCUT2D eigenvalue weighted by Crippen LogP contribution is -2.51. The summed E-state index contributed by atoms with van der Waals surface area (Å²) in [4.78, 5) is 41.3. The monoisotopic (exact) mass is 544 g/mol. The molecule has 0 saturated carbocycles. The topological polar surface area (TPSA) is 88.9 Å². The number of hydrogen-bond acceptors (Lipinski definition) is 5. The zero-order valence-corrected chi connectivity index (χ0v) is 22.3. The zero-order chi connectivity index (χ0) is 27.4. The Hall–Kier alpha value is -4.10. The summed E-state index contributed by atoms with van der Waals surface area (Å²) in [5.74, 6) is 0.199. The van der Waals surface area contributed by atoms with Crippen molar-refractivity contribution in [3.05, 3.63) is 111 Å². The number of hydrogen-bond donors (Lipinski definition) is 1. The van der Waals surface area contributed by atoms with E-state index >= 15 is 0 Å². The summed E-state index contributed by atoms with van der Waals surface area (Å²) >= 11 is 6.05. The van der Waals surface area contributed by atoms with E-state index < -0.39 is 11.9 Å². The van der Waals surface area contributed by atoms with Crippen molar-refractivity contribution in [3.63, 3.8) is 0 Å². The van der Waals surface area contributed by atoms with Gasteiger partial charge in [0.1, 0.15) is 17.4 Å². The van der Waals surface area contributed by atoms with Crippen molar-refractivity contribution >= 4 is 34.4 Å². The summed E-state index contributed by atoms with van der Waals surface area (Å²) in [6.07, 6.45) is 1.84. The first-order valence-electron chi connectivity index (χ1n) is 12.9. The van der Waals surface area contributed by atoms with Gasteiger partial charge in [-0.1, -0.05) is 54.1 Å². The van der Waals surface area contributed by atoms with E-state index in [1.165, 1.54) is 6.07 Å². The van der Waals surface area contributed by atoms with E-state index in [0.29, 0.717) is 29.1 Å². The van der Waals surface area contributed by atoms with Crippen LogP contribution in [-0.2, 0) is 11.2 Å². The number of carbonyl (C=O) groups excluding carboxylic acids is 2. The van der Waals surface area contributed by atoms with Gasteiger partial charge in [0.2, 0.25) is 5.91 Å². The normalized spacial score (nSPS) is 14.7. The second-order valence-corrected chi connectivity index (χ2v) is 10.1. The summed E-state index contributed by atoms with van der Waals surface area (Å²) in [5, 5.41) is 3.81. The molecule has 1 aliphatic heterocycles. The summed E-state index contributed by atoms with van der Waals surface area (Å²) in [6, 6.07) is 22.2. The Bertz CT molecular complexity index is 1540. The highest BCUT2D eigenvalue weighted by Crippen LogP contribution is 2.34. The summed E-state index contributed by atoms with van der Waals surface area (Å²) < 4.78 is 11.3. The third kappa shape index (κ3) is 5.99. The predicted molar refractivity (Wildman–Crippen MR) is 150 cm³/mol. The number of likely N-dealkylation sites (tertiary alicyclic amines) is 1. The molecule has 4 aromatic rings. The molecule has 200 valence electrons. The minimum absolute atomic E-state index is 0.137. The molecule has 39 heavy (non-hydrogen) atoms. The molecule has 0 unspecified atom stereocenters. The van der Waals surface area contributed by atoms with Crippen LogP contribution < -0.4 is 15.5 Å². The third-order valence-electron chi connectivity index (χ3n) is 7.20. The highest BCUT2D eigenvalue weighted by molar-refractivity contribution is 6.30. The molecule has 7 nitrogen and oxygen atoms in total. The second-order valence-electron chi connectivity index (χ2n) is 9.67. The average molecular weight is 545 g/mol. The number of halogens is 1. The van der Waals surface area contributed by atoms with Crippen LogP contribution in [0.1, 0.15) is 40.4 Å². The number of piperidine rings is 1. The highest BCUT2D eigenvalue weighted by Gasteiger charge is 2.31. The number of benzene rings is 3. The number of nitrogens with zero attached hydrogens (tertiary/aromatic N) is 1. The van der Waals surface area contributed by atoms with Crippen molar-refractivity contribution in [2.75, 3.05) is 20.2 Å². The van der Waals surface area contributed by atoms with Gasteiger partial charge >= 0.3 is 0 Å². The van der Waals surface area contributed by atoms with Gasteiger partial charge in [0.25, 0.3) is 5.91 Å². The number of fused-ring (bicyclic) bond motifs is 1. The van der Waals surface area contributed by atoms with Crippen LogP contribution in [0.4, 0.5) is 0 Å². The Morgan fingerprint density at radius 3 is 2.46 bits per heavy atom. The standard InChI is InChI=1S/C31H29ClN2O5/c1-38-27-8-4-2-6-23(27)21-14-16-34(17-15-21)31(37)25(18-20-10-12-22(32)13-11-20)33-30(36)29-19-26(35)24-7-3-5-9-28(24)39-29/h2-13,19,21,25H,14-18H2,1H3,(H,33,36)/t25-/m1/s1. The van der Waals surface area contributed by atoms with Crippen molar-refractivity contribution < 1.29 is 18.7 Å². The molecule has 1 fully saturated rings. The van der Waals surface area contributed by atoms with Crippen LogP contribution in [0.3, 0.4) is 0 Å². The van der Waals surface area contributed by atoms with Crippen molar-refractivity contribution in [1.29, 1.82) is 0 Å². The minimum Gasteiger partial charge on any atom is -0.496 e. The maximum Gasteiger partial charge on any atom is 0.287 e. The number of rotatable bonds is 7. The predicted octanol–water partition coefficient (Wildman–Crippen LogP) is 5.20. The van der Waals surface area contributed by atoms with Crippen LogP contribution in [0.25, 0.3) is 11.0 Å². The number of nitrogens with one attached hydrogen (secondary N) is 1. The number of para-hydroxylation sites is 2. The molecule has 0 spiro atoms. The van der Waals surface area contributed by atoms with Crippen molar-refractivity contribution in [1.82, 2.24) is 10.2 Å². The lowest BCUT2D eigenvalue weighted by molar-refractivity contribution is -0.134. The molecular weight excluding hydrogens is 516 g/mol. The Morgan fingerprint density at radius 1 is 1.03 bits per heavy atom. The molecule has 1 aliphatic rings. The van der Waals surface area contributed by atoms with Gasteiger partial charge in [-0.2, -0.15) is 0 Å². The molecule has 2 heterocycles. The van der Waals surface area contributed by atoms with Gasteiger partial charge in [-0.3, -0.25) is 14.4 Å². The lowest BCUT2D eigenvalue weighted by Gasteiger charge is -2.35. The van der Waals surface area contributed by atoms with Crippen molar-refractivity contribution in [2.45, 2.75) is 31.2 Å². The maximum atomic E-state index is 13.8. The van der Waals surface area contributed by atoms with Gasteiger partial charge in [0.15, 0.2) is 11.2 Å². The summed E-state index contributed by atoms with van der Waals surface area (Å²) in [6.45, 7) is 1.11. The number of ether oxygens (including phenoxy) is 1. The summed E-state index contributed by atoms with van der Waals surface area (Å²) in [5.41, 5.74) is 1.99. The Morgan fingerprint density at radius 2 is 1.72 bits per heavy atom. The van der Waals surface area contributed by atoms with Crippen LogP contribution in [0.5, 0.6) is 5.75 Å². The van der Waals surface area contributed by atoms with Gasteiger partial charge in [-0.25, -0.2) is 0 Å². The smallest absolute Gasteiger partial charge is 0.287 e. The highest BCUT2D eigenvalue weighted by atomic mass is 35.5. The molecule has 1 aromatic heterocycles. The van der Waals surface area contributed by atoms with E-state index in [0.717, 1.165) is 29.7 Å². The molecule has 2 amide bonds. The molecule has 5 rings (SSSR count).